The molecule has 3 rings (SSSR count). The summed E-state index contributed by atoms with van der Waals surface area (Å²) in [5.74, 6) is 3.89. The summed E-state index contributed by atoms with van der Waals surface area (Å²) in [6, 6.07) is 9.11. The van der Waals surface area contributed by atoms with Crippen molar-refractivity contribution >= 4 is 23.5 Å². The van der Waals surface area contributed by atoms with Crippen LogP contribution in [0.5, 0.6) is 0 Å². The minimum absolute atomic E-state index is 0.398. The zero-order chi connectivity index (χ0) is 14.5. The van der Waals surface area contributed by atoms with Crippen molar-refractivity contribution in [3.8, 4) is 5.69 Å². The van der Waals surface area contributed by atoms with Gasteiger partial charge in [0.15, 0.2) is 0 Å². The highest BCUT2D eigenvalue weighted by atomic mass is 32.2. The summed E-state index contributed by atoms with van der Waals surface area (Å²) < 4.78 is 2.03. The van der Waals surface area contributed by atoms with E-state index in [4.69, 9.17) is 0 Å². The van der Waals surface area contributed by atoms with Crippen LogP contribution in [0.1, 0.15) is 18.5 Å². The van der Waals surface area contributed by atoms with Crippen LogP contribution in [0.15, 0.2) is 43.0 Å². The topological polar surface area (TPSA) is 29.9 Å². The summed E-state index contributed by atoms with van der Waals surface area (Å²) in [5, 5.41) is 4.43. The average Bonchev–Trinajstić information content (AvgIpc) is 3.08. The molecule has 1 saturated heterocycles. The van der Waals surface area contributed by atoms with Crippen molar-refractivity contribution in [3.63, 3.8) is 0 Å². The molecule has 1 aromatic carbocycles. The molecule has 1 aliphatic rings. The Labute approximate surface area is 134 Å². The number of imidazole rings is 1. The van der Waals surface area contributed by atoms with E-state index in [2.05, 4.69) is 65.0 Å². The fourth-order valence-electron chi connectivity index (χ4n) is 2.43. The van der Waals surface area contributed by atoms with Gasteiger partial charge in [-0.25, -0.2) is 4.98 Å². The molecule has 5 heteroatoms. The Morgan fingerprint density at radius 2 is 2.19 bits per heavy atom. The van der Waals surface area contributed by atoms with Crippen LogP contribution in [-0.4, -0.2) is 38.6 Å². The van der Waals surface area contributed by atoms with Gasteiger partial charge >= 0.3 is 0 Å². The van der Waals surface area contributed by atoms with Gasteiger partial charge in [-0.1, -0.05) is 12.1 Å². The smallest absolute Gasteiger partial charge is 0.0991 e. The lowest BCUT2D eigenvalue weighted by molar-refractivity contribution is 0.577. The third-order valence-corrected chi connectivity index (χ3v) is 6.58. The molecule has 1 aliphatic heterocycles. The average molecular weight is 319 g/mol. The number of benzene rings is 1. The summed E-state index contributed by atoms with van der Waals surface area (Å²) in [5.41, 5.74) is 2.50. The van der Waals surface area contributed by atoms with Crippen LogP contribution in [-0.2, 0) is 0 Å². The highest BCUT2D eigenvalue weighted by Crippen LogP contribution is 2.24. The van der Waals surface area contributed by atoms with E-state index in [0.717, 1.165) is 17.5 Å². The van der Waals surface area contributed by atoms with Crippen molar-refractivity contribution in [1.29, 1.82) is 0 Å². The summed E-state index contributed by atoms with van der Waals surface area (Å²) in [6.45, 7) is 3.34. The van der Waals surface area contributed by atoms with Crippen LogP contribution >= 0.6 is 23.5 Å². The van der Waals surface area contributed by atoms with E-state index in [0.29, 0.717) is 6.04 Å². The second-order valence-electron chi connectivity index (χ2n) is 5.26. The van der Waals surface area contributed by atoms with Gasteiger partial charge in [0.1, 0.15) is 0 Å². The lowest BCUT2D eigenvalue weighted by atomic mass is 10.1. The van der Waals surface area contributed by atoms with Crippen LogP contribution in [0, 0.1) is 0 Å². The van der Waals surface area contributed by atoms with Gasteiger partial charge in [0.2, 0.25) is 0 Å². The van der Waals surface area contributed by atoms with Gasteiger partial charge in [-0.15, -0.1) is 0 Å². The molecule has 3 nitrogen and oxygen atoms in total. The first-order chi connectivity index (χ1) is 10.3. The van der Waals surface area contributed by atoms with Crippen molar-refractivity contribution in [3.05, 3.63) is 48.5 Å². The molecule has 0 radical (unpaired) electrons. The molecule has 2 heterocycles. The van der Waals surface area contributed by atoms with Crippen molar-refractivity contribution in [2.24, 2.45) is 0 Å². The number of aromatic nitrogens is 2. The lowest BCUT2D eigenvalue weighted by Crippen LogP contribution is -2.30. The summed E-state index contributed by atoms with van der Waals surface area (Å²) in [6.07, 6.45) is 5.60. The van der Waals surface area contributed by atoms with Gasteiger partial charge in [-0.2, -0.15) is 23.5 Å². The van der Waals surface area contributed by atoms with Gasteiger partial charge in [0.25, 0.3) is 0 Å². The van der Waals surface area contributed by atoms with Crippen molar-refractivity contribution in [2.45, 2.75) is 18.2 Å². The highest BCUT2D eigenvalue weighted by Gasteiger charge is 2.15. The second-order valence-corrected chi connectivity index (χ2v) is 7.82. The fraction of sp³-hybridized carbons (Fsp3) is 0.438. The van der Waals surface area contributed by atoms with Crippen LogP contribution in [0.4, 0.5) is 0 Å². The SMILES string of the molecule is CC(NCC1CSCCS1)c1ccc(-n2ccnc2)cc1. The molecule has 0 bridgehead atoms. The van der Waals surface area contributed by atoms with Gasteiger partial charge in [-0.05, 0) is 24.6 Å². The molecule has 1 aromatic heterocycles. The quantitative estimate of drug-likeness (QED) is 0.915. The molecule has 21 heavy (non-hydrogen) atoms. The molecular formula is C16H21N3S2. The molecular weight excluding hydrogens is 298 g/mol. The monoisotopic (exact) mass is 319 g/mol. The zero-order valence-electron chi connectivity index (χ0n) is 12.2. The zero-order valence-corrected chi connectivity index (χ0v) is 13.9. The van der Waals surface area contributed by atoms with Gasteiger partial charge in [-0.3, -0.25) is 0 Å². The minimum atomic E-state index is 0.398. The lowest BCUT2D eigenvalue weighted by Gasteiger charge is -2.23. The molecule has 0 spiro atoms. The van der Waals surface area contributed by atoms with Crippen LogP contribution in [0.3, 0.4) is 0 Å². The van der Waals surface area contributed by atoms with E-state index in [1.54, 1.807) is 6.20 Å². The standard InChI is InChI=1S/C16H21N3S2/c1-13(18-10-16-11-20-8-9-21-16)14-2-4-15(5-3-14)19-7-6-17-12-19/h2-7,12-13,16,18H,8-11H2,1H3. The molecule has 1 N–H and O–H groups in total. The number of hydrogen-bond acceptors (Lipinski definition) is 4. The third kappa shape index (κ3) is 4.05. The maximum atomic E-state index is 4.08. The molecule has 2 unspecified atom stereocenters. The summed E-state index contributed by atoms with van der Waals surface area (Å²) >= 11 is 4.19. The number of thioether (sulfide) groups is 2. The summed E-state index contributed by atoms with van der Waals surface area (Å²) in [7, 11) is 0. The Morgan fingerprint density at radius 1 is 1.33 bits per heavy atom. The Balaban J connectivity index is 1.55. The van der Waals surface area contributed by atoms with E-state index in [-0.39, 0.29) is 0 Å². The van der Waals surface area contributed by atoms with E-state index >= 15 is 0 Å². The van der Waals surface area contributed by atoms with Crippen LogP contribution in [0.25, 0.3) is 5.69 Å². The van der Waals surface area contributed by atoms with Crippen LogP contribution < -0.4 is 5.32 Å². The maximum Gasteiger partial charge on any atom is 0.0991 e. The molecule has 0 aliphatic carbocycles. The number of nitrogens with zero attached hydrogens (tertiary/aromatic N) is 2. The first-order valence-electron chi connectivity index (χ1n) is 7.34. The Bertz CT molecular complexity index is 533. The first kappa shape index (κ1) is 15.0. The predicted octanol–water partition coefficient (Wildman–Crippen LogP) is 3.37. The van der Waals surface area contributed by atoms with Gasteiger partial charge in [0.05, 0.1) is 6.33 Å². The number of hydrogen-bond donors (Lipinski definition) is 1. The highest BCUT2D eigenvalue weighted by molar-refractivity contribution is 8.06. The van der Waals surface area contributed by atoms with Crippen LogP contribution in [0.2, 0.25) is 0 Å². The van der Waals surface area contributed by atoms with Crippen molar-refractivity contribution < 1.29 is 0 Å². The first-order valence-corrected chi connectivity index (χ1v) is 9.54. The third-order valence-electron chi connectivity index (χ3n) is 3.73. The van der Waals surface area contributed by atoms with E-state index in [1.165, 1.54) is 22.8 Å². The van der Waals surface area contributed by atoms with E-state index < -0.39 is 0 Å². The van der Waals surface area contributed by atoms with E-state index in [1.807, 2.05) is 17.1 Å². The Kier molecular flexibility index (Phi) is 5.27. The molecule has 1 fully saturated rings. The molecule has 0 saturated carbocycles. The normalized spacial score (nSPS) is 20.3. The fourth-order valence-corrected chi connectivity index (χ4v) is 5.05. The van der Waals surface area contributed by atoms with Gasteiger partial charge in [0, 0.05) is 53.2 Å². The molecule has 112 valence electrons. The molecule has 2 aromatic rings. The molecule has 0 amide bonds. The largest absolute Gasteiger partial charge is 0.309 e. The second kappa shape index (κ2) is 7.38. The number of nitrogens with one attached hydrogen (secondary N) is 1. The minimum Gasteiger partial charge on any atom is -0.309 e. The summed E-state index contributed by atoms with van der Waals surface area (Å²) in [4.78, 5) is 4.08. The Hall–Kier alpha value is -0.910. The number of rotatable bonds is 5. The van der Waals surface area contributed by atoms with Crippen molar-refractivity contribution in [2.75, 3.05) is 23.8 Å². The van der Waals surface area contributed by atoms with Gasteiger partial charge < -0.3 is 9.88 Å². The molecule has 2 atom stereocenters. The predicted molar refractivity (Wildman–Crippen MR) is 93.6 cm³/mol. The maximum absolute atomic E-state index is 4.08. The van der Waals surface area contributed by atoms with E-state index in [9.17, 15) is 0 Å². The van der Waals surface area contributed by atoms with Crippen molar-refractivity contribution in [1.82, 2.24) is 14.9 Å². The Morgan fingerprint density at radius 3 is 2.86 bits per heavy atom.